The molecule has 1 aromatic carbocycles. The fraction of sp³-hybridized carbons (Fsp3) is 0.333. The molecule has 2 aromatic rings. The molecule has 5 nitrogen and oxygen atoms in total. The summed E-state index contributed by atoms with van der Waals surface area (Å²) in [5.74, 6) is 0.616. The number of para-hydroxylation sites is 1. The van der Waals surface area contributed by atoms with E-state index in [1.54, 1.807) is 12.4 Å². The Morgan fingerprint density at radius 1 is 1.40 bits per heavy atom. The minimum Gasteiger partial charge on any atom is -0.493 e. The van der Waals surface area contributed by atoms with Gasteiger partial charge in [-0.3, -0.25) is 9.48 Å². The summed E-state index contributed by atoms with van der Waals surface area (Å²) in [4.78, 5) is 10.7. The molecule has 0 atom stereocenters. The highest BCUT2D eigenvalue weighted by Gasteiger charge is 2.22. The Labute approximate surface area is 116 Å². The Bertz CT molecular complexity index is 617. The van der Waals surface area contributed by atoms with Crippen molar-refractivity contribution in [3.63, 3.8) is 0 Å². The van der Waals surface area contributed by atoms with E-state index < -0.39 is 5.97 Å². The van der Waals surface area contributed by atoms with Crippen molar-refractivity contribution in [1.29, 1.82) is 0 Å². The van der Waals surface area contributed by atoms with Crippen LogP contribution in [0, 0.1) is 5.92 Å². The number of ether oxygens (including phenoxy) is 1. The third-order valence-corrected chi connectivity index (χ3v) is 3.30. The van der Waals surface area contributed by atoms with E-state index in [1.807, 2.05) is 24.3 Å². The van der Waals surface area contributed by atoms with E-state index in [2.05, 4.69) is 5.10 Å². The Balaban J connectivity index is 1.80. The van der Waals surface area contributed by atoms with E-state index in [9.17, 15) is 4.79 Å². The second kappa shape index (κ2) is 5.36. The normalized spacial score (nSPS) is 14.2. The van der Waals surface area contributed by atoms with Gasteiger partial charge in [0, 0.05) is 17.3 Å². The molecule has 1 saturated carbocycles. The number of benzene rings is 1. The molecule has 1 heterocycles. The molecule has 1 aliphatic rings. The molecule has 0 aliphatic heterocycles. The molecule has 0 radical (unpaired) electrons. The summed E-state index contributed by atoms with van der Waals surface area (Å²) < 4.78 is 7.26. The summed E-state index contributed by atoms with van der Waals surface area (Å²) in [5.41, 5.74) is 1.82. The fourth-order valence-corrected chi connectivity index (χ4v) is 2.05. The monoisotopic (exact) mass is 272 g/mol. The van der Waals surface area contributed by atoms with Gasteiger partial charge in [0.1, 0.15) is 12.3 Å². The predicted molar refractivity (Wildman–Crippen MR) is 73.5 cm³/mol. The highest BCUT2D eigenvalue weighted by atomic mass is 16.5. The Morgan fingerprint density at radius 3 is 2.95 bits per heavy atom. The van der Waals surface area contributed by atoms with Crippen LogP contribution < -0.4 is 4.74 Å². The maximum Gasteiger partial charge on any atom is 0.325 e. The summed E-state index contributed by atoms with van der Waals surface area (Å²) in [5, 5.41) is 12.8. The number of rotatable bonds is 6. The molecule has 1 fully saturated rings. The molecule has 1 aliphatic carbocycles. The van der Waals surface area contributed by atoms with Crippen molar-refractivity contribution in [3.8, 4) is 16.9 Å². The highest BCUT2D eigenvalue weighted by Crippen LogP contribution is 2.33. The lowest BCUT2D eigenvalue weighted by molar-refractivity contribution is -0.137. The van der Waals surface area contributed by atoms with E-state index >= 15 is 0 Å². The van der Waals surface area contributed by atoms with Crippen molar-refractivity contribution in [2.75, 3.05) is 6.61 Å². The molecule has 3 rings (SSSR count). The number of aromatic nitrogens is 2. The molecule has 0 bridgehead atoms. The lowest BCUT2D eigenvalue weighted by Gasteiger charge is -2.09. The van der Waals surface area contributed by atoms with Crippen LogP contribution in [0.15, 0.2) is 36.7 Å². The van der Waals surface area contributed by atoms with Crippen LogP contribution in [0.1, 0.15) is 12.8 Å². The van der Waals surface area contributed by atoms with E-state index in [-0.39, 0.29) is 6.54 Å². The molecule has 20 heavy (non-hydrogen) atoms. The number of aliphatic carboxylic acids is 1. The minimum atomic E-state index is -0.905. The lowest BCUT2D eigenvalue weighted by Crippen LogP contribution is -2.08. The first-order chi connectivity index (χ1) is 9.72. The van der Waals surface area contributed by atoms with Gasteiger partial charge < -0.3 is 9.84 Å². The topological polar surface area (TPSA) is 64.3 Å². The predicted octanol–water partition coefficient (Wildman–Crippen LogP) is 2.42. The molecule has 1 aromatic heterocycles. The molecule has 0 spiro atoms. The van der Waals surface area contributed by atoms with E-state index in [0.29, 0.717) is 5.92 Å². The first-order valence-electron chi connectivity index (χ1n) is 6.69. The summed E-state index contributed by atoms with van der Waals surface area (Å²) in [6.45, 7) is 0.616. The number of hydrogen-bond acceptors (Lipinski definition) is 3. The van der Waals surface area contributed by atoms with Crippen LogP contribution in [-0.2, 0) is 11.3 Å². The maximum absolute atomic E-state index is 10.7. The van der Waals surface area contributed by atoms with Crippen molar-refractivity contribution < 1.29 is 14.6 Å². The average molecular weight is 272 g/mol. The SMILES string of the molecule is O=C(O)Cn1cc(-c2ccccc2OCC2CC2)cn1. The summed E-state index contributed by atoms with van der Waals surface area (Å²) >= 11 is 0. The smallest absolute Gasteiger partial charge is 0.325 e. The molecule has 104 valence electrons. The van der Waals surface area contributed by atoms with Crippen LogP contribution in [0.2, 0.25) is 0 Å². The summed E-state index contributed by atoms with van der Waals surface area (Å²) in [6, 6.07) is 7.78. The number of carboxylic acids is 1. The molecule has 0 saturated heterocycles. The van der Waals surface area contributed by atoms with Crippen molar-refractivity contribution in [2.45, 2.75) is 19.4 Å². The van der Waals surface area contributed by atoms with Crippen LogP contribution in [0.3, 0.4) is 0 Å². The second-order valence-electron chi connectivity index (χ2n) is 5.07. The van der Waals surface area contributed by atoms with Gasteiger partial charge in [0.2, 0.25) is 0 Å². The largest absolute Gasteiger partial charge is 0.493 e. The van der Waals surface area contributed by atoms with Gasteiger partial charge in [0.25, 0.3) is 0 Å². The van der Waals surface area contributed by atoms with Gasteiger partial charge in [0.05, 0.1) is 12.8 Å². The molecule has 0 amide bonds. The third-order valence-electron chi connectivity index (χ3n) is 3.30. The first-order valence-corrected chi connectivity index (χ1v) is 6.69. The van der Waals surface area contributed by atoms with E-state index in [0.717, 1.165) is 23.5 Å². The van der Waals surface area contributed by atoms with Gasteiger partial charge >= 0.3 is 5.97 Å². The second-order valence-corrected chi connectivity index (χ2v) is 5.07. The van der Waals surface area contributed by atoms with E-state index in [1.165, 1.54) is 17.5 Å². The van der Waals surface area contributed by atoms with Crippen molar-refractivity contribution in [3.05, 3.63) is 36.7 Å². The van der Waals surface area contributed by atoms with Gasteiger partial charge in [-0.15, -0.1) is 0 Å². The van der Waals surface area contributed by atoms with Crippen LogP contribution in [0.5, 0.6) is 5.75 Å². The third kappa shape index (κ3) is 2.99. The maximum atomic E-state index is 10.7. The fourth-order valence-electron chi connectivity index (χ4n) is 2.05. The summed E-state index contributed by atoms with van der Waals surface area (Å²) in [7, 11) is 0. The van der Waals surface area contributed by atoms with Crippen molar-refractivity contribution in [1.82, 2.24) is 9.78 Å². The molecule has 5 heteroatoms. The molecule has 0 unspecified atom stereocenters. The number of hydrogen-bond donors (Lipinski definition) is 1. The van der Waals surface area contributed by atoms with Gasteiger partial charge in [0.15, 0.2) is 0 Å². The van der Waals surface area contributed by atoms with Crippen LogP contribution in [0.25, 0.3) is 11.1 Å². The zero-order chi connectivity index (χ0) is 13.9. The highest BCUT2D eigenvalue weighted by molar-refractivity contribution is 5.70. The van der Waals surface area contributed by atoms with Gasteiger partial charge in [-0.2, -0.15) is 5.10 Å². The number of carboxylic acid groups (broad SMARTS) is 1. The Kier molecular flexibility index (Phi) is 3.41. The van der Waals surface area contributed by atoms with E-state index in [4.69, 9.17) is 9.84 Å². The average Bonchev–Trinajstić information content (AvgIpc) is 3.15. The zero-order valence-electron chi connectivity index (χ0n) is 11.0. The molecular formula is C15H16N2O3. The van der Waals surface area contributed by atoms with Crippen molar-refractivity contribution >= 4 is 5.97 Å². The standard InChI is InChI=1S/C15H16N2O3/c18-15(19)9-17-8-12(7-16-17)13-3-1-2-4-14(13)20-10-11-5-6-11/h1-4,7-8,11H,5-6,9-10H2,(H,18,19). The quantitative estimate of drug-likeness (QED) is 0.877. The Hall–Kier alpha value is -2.30. The van der Waals surface area contributed by atoms with Gasteiger partial charge in [-0.25, -0.2) is 0 Å². The summed E-state index contributed by atoms with van der Waals surface area (Å²) in [6.07, 6.45) is 5.90. The van der Waals surface area contributed by atoms with Crippen LogP contribution in [-0.4, -0.2) is 27.5 Å². The molecule has 1 N–H and O–H groups in total. The molecular weight excluding hydrogens is 256 g/mol. The first kappa shape index (κ1) is 12.7. The Morgan fingerprint density at radius 2 is 2.20 bits per heavy atom. The number of carbonyl (C=O) groups is 1. The zero-order valence-corrected chi connectivity index (χ0v) is 11.0. The van der Waals surface area contributed by atoms with Gasteiger partial charge in [-0.05, 0) is 24.8 Å². The van der Waals surface area contributed by atoms with Gasteiger partial charge in [-0.1, -0.05) is 18.2 Å². The minimum absolute atomic E-state index is 0.134. The van der Waals surface area contributed by atoms with Crippen molar-refractivity contribution in [2.24, 2.45) is 5.92 Å². The van der Waals surface area contributed by atoms with Crippen LogP contribution in [0.4, 0.5) is 0 Å². The van der Waals surface area contributed by atoms with Crippen LogP contribution >= 0.6 is 0 Å². The number of nitrogens with zero attached hydrogens (tertiary/aromatic N) is 2. The lowest BCUT2D eigenvalue weighted by atomic mass is 10.1.